The van der Waals surface area contributed by atoms with Gasteiger partial charge in [-0.15, -0.1) is 0 Å². The van der Waals surface area contributed by atoms with E-state index in [1.807, 2.05) is 6.08 Å². The van der Waals surface area contributed by atoms with Gasteiger partial charge in [0.25, 0.3) is 0 Å². The first-order valence-corrected chi connectivity index (χ1v) is 6.48. The van der Waals surface area contributed by atoms with Crippen LogP contribution in [0.2, 0.25) is 0 Å². The van der Waals surface area contributed by atoms with Crippen molar-refractivity contribution in [3.05, 3.63) is 12.2 Å². The lowest BCUT2D eigenvalue weighted by atomic mass is 10.00. The fourth-order valence-corrected chi connectivity index (χ4v) is 2.51. The molecule has 0 aromatic rings. The van der Waals surface area contributed by atoms with Gasteiger partial charge in [-0.2, -0.15) is 0 Å². The number of amides is 1. The molecule has 2 aliphatic heterocycles. The summed E-state index contributed by atoms with van der Waals surface area (Å²) in [5, 5.41) is 9.01. The van der Waals surface area contributed by atoms with E-state index in [4.69, 9.17) is 9.84 Å². The number of allylic oxidation sites excluding steroid dienone is 1. The maximum absolute atomic E-state index is 11.9. The molecule has 0 spiro atoms. The van der Waals surface area contributed by atoms with Gasteiger partial charge in [-0.1, -0.05) is 6.08 Å². The quantitative estimate of drug-likeness (QED) is 0.763. The number of carboxylic acids is 1. The molecule has 0 radical (unpaired) electrons. The van der Waals surface area contributed by atoms with Crippen LogP contribution in [-0.4, -0.2) is 47.7 Å². The Bertz CT molecular complexity index is 347. The number of likely N-dealkylation sites (tertiary alicyclic amines) is 1. The van der Waals surface area contributed by atoms with E-state index in [0.29, 0.717) is 18.9 Å². The molecule has 1 amide bonds. The Morgan fingerprint density at radius 2 is 1.94 bits per heavy atom. The Morgan fingerprint density at radius 1 is 1.22 bits per heavy atom. The largest absolute Gasteiger partial charge is 0.480 e. The van der Waals surface area contributed by atoms with Crippen LogP contribution >= 0.6 is 0 Å². The lowest BCUT2D eigenvalue weighted by Gasteiger charge is -2.21. The van der Waals surface area contributed by atoms with Crippen LogP contribution in [0.25, 0.3) is 0 Å². The Labute approximate surface area is 106 Å². The zero-order chi connectivity index (χ0) is 13.0. The number of carbonyl (C=O) groups is 2. The highest BCUT2D eigenvalue weighted by Gasteiger charge is 2.32. The summed E-state index contributed by atoms with van der Waals surface area (Å²) in [5.74, 6) is -0.694. The molecule has 2 saturated heterocycles. The van der Waals surface area contributed by atoms with Crippen LogP contribution < -0.4 is 0 Å². The number of carbonyl (C=O) groups excluding carboxylic acids is 1. The van der Waals surface area contributed by atoms with Gasteiger partial charge in [0.15, 0.2) is 0 Å². The molecule has 18 heavy (non-hydrogen) atoms. The summed E-state index contributed by atoms with van der Waals surface area (Å²) in [6.45, 7) is 2.03. The maximum atomic E-state index is 11.9. The highest BCUT2D eigenvalue weighted by atomic mass is 16.5. The van der Waals surface area contributed by atoms with E-state index in [1.165, 1.54) is 11.0 Å². The third kappa shape index (κ3) is 3.10. The molecule has 1 N–H and O–H groups in total. The normalized spacial score (nSPS) is 25.8. The zero-order valence-electron chi connectivity index (χ0n) is 10.4. The Balaban J connectivity index is 1.90. The molecule has 5 heteroatoms. The van der Waals surface area contributed by atoms with Crippen molar-refractivity contribution in [3.8, 4) is 0 Å². The van der Waals surface area contributed by atoms with Crippen molar-refractivity contribution in [2.45, 2.75) is 31.7 Å². The lowest BCUT2D eigenvalue weighted by Crippen LogP contribution is -2.39. The molecule has 0 unspecified atom stereocenters. The summed E-state index contributed by atoms with van der Waals surface area (Å²) in [6.07, 6.45) is 6.65. The number of nitrogens with zero attached hydrogens (tertiary/aromatic N) is 1. The first kappa shape index (κ1) is 13.1. The second-order valence-corrected chi connectivity index (χ2v) is 4.84. The summed E-state index contributed by atoms with van der Waals surface area (Å²) in [6, 6.07) is -0.642. The first-order chi connectivity index (χ1) is 8.68. The van der Waals surface area contributed by atoms with E-state index >= 15 is 0 Å². The molecule has 2 aliphatic rings. The van der Waals surface area contributed by atoms with Gasteiger partial charge in [-0.05, 0) is 37.7 Å². The summed E-state index contributed by atoms with van der Waals surface area (Å²) >= 11 is 0. The summed E-state index contributed by atoms with van der Waals surface area (Å²) in [4.78, 5) is 24.4. The third-order valence-corrected chi connectivity index (χ3v) is 3.60. The molecular weight excluding hydrogens is 234 g/mol. The Morgan fingerprint density at radius 3 is 2.61 bits per heavy atom. The highest BCUT2D eigenvalue weighted by molar-refractivity contribution is 5.91. The molecule has 2 heterocycles. The van der Waals surface area contributed by atoms with Gasteiger partial charge in [-0.3, -0.25) is 4.79 Å². The number of ether oxygens (including phenoxy) is 1. The van der Waals surface area contributed by atoms with Gasteiger partial charge in [0, 0.05) is 19.8 Å². The summed E-state index contributed by atoms with van der Waals surface area (Å²) < 4.78 is 5.25. The molecule has 0 bridgehead atoms. The molecule has 2 rings (SSSR count). The van der Waals surface area contributed by atoms with E-state index in [1.54, 1.807) is 0 Å². The van der Waals surface area contributed by atoms with Crippen molar-refractivity contribution in [2.75, 3.05) is 19.8 Å². The predicted octanol–water partition coefficient (Wildman–Crippen LogP) is 1.04. The second-order valence-electron chi connectivity index (χ2n) is 4.84. The monoisotopic (exact) mass is 253 g/mol. The van der Waals surface area contributed by atoms with E-state index in [9.17, 15) is 9.59 Å². The highest BCUT2D eigenvalue weighted by Crippen LogP contribution is 2.19. The lowest BCUT2D eigenvalue weighted by molar-refractivity contribution is -0.146. The van der Waals surface area contributed by atoms with Gasteiger partial charge in [0.2, 0.25) is 5.91 Å². The van der Waals surface area contributed by atoms with Gasteiger partial charge < -0.3 is 14.7 Å². The molecule has 0 aliphatic carbocycles. The van der Waals surface area contributed by atoms with Crippen molar-refractivity contribution >= 4 is 11.9 Å². The van der Waals surface area contributed by atoms with Crippen molar-refractivity contribution < 1.29 is 19.4 Å². The molecule has 0 aromatic heterocycles. The van der Waals surface area contributed by atoms with Gasteiger partial charge in [0.05, 0.1) is 0 Å². The minimum absolute atomic E-state index is 0.175. The average Bonchev–Trinajstić information content (AvgIpc) is 2.86. The standard InChI is InChI=1S/C13H19NO4/c15-12(4-3-10-5-8-18-9-6-10)14-7-1-2-11(14)13(16)17/h3-4,10-11H,1-2,5-9H2,(H,16,17)/b4-3+/t11-/m1/s1. The van der Waals surface area contributed by atoms with Crippen molar-refractivity contribution in [1.82, 2.24) is 4.90 Å². The van der Waals surface area contributed by atoms with Gasteiger partial charge >= 0.3 is 5.97 Å². The van der Waals surface area contributed by atoms with Crippen LogP contribution in [0.3, 0.4) is 0 Å². The van der Waals surface area contributed by atoms with E-state index in [2.05, 4.69) is 0 Å². The Kier molecular flexibility index (Phi) is 4.36. The molecule has 5 nitrogen and oxygen atoms in total. The van der Waals surface area contributed by atoms with Crippen LogP contribution in [0, 0.1) is 5.92 Å². The summed E-state index contributed by atoms with van der Waals surface area (Å²) in [5.41, 5.74) is 0. The third-order valence-electron chi connectivity index (χ3n) is 3.60. The fourth-order valence-electron chi connectivity index (χ4n) is 2.51. The van der Waals surface area contributed by atoms with Crippen molar-refractivity contribution in [3.63, 3.8) is 0 Å². The maximum Gasteiger partial charge on any atom is 0.326 e. The van der Waals surface area contributed by atoms with E-state index < -0.39 is 12.0 Å². The predicted molar refractivity (Wildman–Crippen MR) is 65.1 cm³/mol. The van der Waals surface area contributed by atoms with Crippen LogP contribution in [-0.2, 0) is 14.3 Å². The number of carboxylic acid groups (broad SMARTS) is 1. The average molecular weight is 253 g/mol. The number of rotatable bonds is 3. The van der Waals surface area contributed by atoms with Crippen molar-refractivity contribution in [2.24, 2.45) is 5.92 Å². The SMILES string of the molecule is O=C(O)[C@H]1CCCN1C(=O)/C=C/C1CCOCC1. The van der Waals surface area contributed by atoms with E-state index in [-0.39, 0.29) is 5.91 Å². The van der Waals surface area contributed by atoms with Crippen molar-refractivity contribution in [1.29, 1.82) is 0 Å². The van der Waals surface area contributed by atoms with Crippen LogP contribution in [0.15, 0.2) is 12.2 Å². The molecule has 2 fully saturated rings. The number of hydrogen-bond acceptors (Lipinski definition) is 3. The molecule has 0 saturated carbocycles. The Hall–Kier alpha value is -1.36. The minimum Gasteiger partial charge on any atom is -0.480 e. The number of aliphatic carboxylic acids is 1. The molecule has 100 valence electrons. The van der Waals surface area contributed by atoms with Gasteiger partial charge in [0.1, 0.15) is 6.04 Å². The van der Waals surface area contributed by atoms with Crippen LogP contribution in [0.4, 0.5) is 0 Å². The zero-order valence-corrected chi connectivity index (χ0v) is 10.4. The minimum atomic E-state index is -0.902. The van der Waals surface area contributed by atoms with Crippen LogP contribution in [0.1, 0.15) is 25.7 Å². The number of hydrogen-bond donors (Lipinski definition) is 1. The fraction of sp³-hybridized carbons (Fsp3) is 0.692. The topological polar surface area (TPSA) is 66.8 Å². The van der Waals surface area contributed by atoms with E-state index in [0.717, 1.165) is 32.5 Å². The van der Waals surface area contributed by atoms with Gasteiger partial charge in [-0.25, -0.2) is 4.79 Å². The molecule has 1 atom stereocenters. The smallest absolute Gasteiger partial charge is 0.326 e. The second kappa shape index (κ2) is 6.00. The first-order valence-electron chi connectivity index (χ1n) is 6.48. The van der Waals surface area contributed by atoms with Crippen LogP contribution in [0.5, 0.6) is 0 Å². The molecule has 0 aromatic carbocycles. The summed E-state index contributed by atoms with van der Waals surface area (Å²) in [7, 11) is 0. The molecular formula is C13H19NO4.